The number of fused-ring (bicyclic) bond motifs is 1. The van der Waals surface area contributed by atoms with E-state index < -0.39 is 29.9 Å². The van der Waals surface area contributed by atoms with Gasteiger partial charge < -0.3 is 20.2 Å². The average Bonchev–Trinajstić information content (AvgIpc) is 3.22. The van der Waals surface area contributed by atoms with Crippen molar-refractivity contribution in [2.24, 2.45) is 0 Å². The molecule has 4 aromatic rings. The van der Waals surface area contributed by atoms with Crippen molar-refractivity contribution in [1.82, 2.24) is 14.9 Å². The van der Waals surface area contributed by atoms with E-state index in [9.17, 15) is 27.9 Å². The van der Waals surface area contributed by atoms with E-state index in [1.807, 2.05) is 0 Å². The summed E-state index contributed by atoms with van der Waals surface area (Å²) in [6.07, 6.45) is -3.49. The van der Waals surface area contributed by atoms with Gasteiger partial charge in [0.15, 0.2) is 0 Å². The molecule has 0 atom stereocenters. The second kappa shape index (κ2) is 8.99. The van der Waals surface area contributed by atoms with Gasteiger partial charge >= 0.3 is 12.3 Å². The molecule has 0 radical (unpaired) electrons. The number of benzene rings is 2. The lowest BCUT2D eigenvalue weighted by atomic mass is 9.72. The first-order valence-electron chi connectivity index (χ1n) is 11.6. The normalized spacial score (nSPS) is 14.8. The van der Waals surface area contributed by atoms with Crippen molar-refractivity contribution < 1.29 is 27.5 Å². The monoisotopic (exact) mass is 512 g/mol. The standard InChI is InChI=1S/C26H23F3N4O4/c1-30-23-31-21-19(22(34)33(23)14-26(27,28)29)18(15-6-3-2-4-7-15)20(37-21)16-8-10-17(11-9-16)25(12-5-13-25)32-24(35)36/h2-4,6-11,32H,5,12-14H2,1H3,(H,30,31)(H,35,36). The molecule has 1 aliphatic rings. The second-order valence-electron chi connectivity index (χ2n) is 8.99. The molecule has 1 aliphatic carbocycles. The molecule has 192 valence electrons. The Morgan fingerprint density at radius 3 is 2.32 bits per heavy atom. The van der Waals surface area contributed by atoms with Crippen LogP contribution in [0.25, 0.3) is 33.6 Å². The van der Waals surface area contributed by atoms with Crippen LogP contribution in [0.2, 0.25) is 0 Å². The minimum atomic E-state index is -4.64. The zero-order valence-corrected chi connectivity index (χ0v) is 19.7. The quantitative estimate of drug-likeness (QED) is 0.312. The third-order valence-corrected chi connectivity index (χ3v) is 6.69. The van der Waals surface area contributed by atoms with Crippen LogP contribution in [0, 0.1) is 0 Å². The molecule has 1 fully saturated rings. The number of halogens is 3. The van der Waals surface area contributed by atoms with E-state index in [2.05, 4.69) is 15.6 Å². The number of nitrogens with zero attached hydrogens (tertiary/aromatic N) is 2. The molecule has 0 bridgehead atoms. The van der Waals surface area contributed by atoms with Gasteiger partial charge in [0.05, 0.1) is 5.54 Å². The average molecular weight is 512 g/mol. The number of hydrogen-bond acceptors (Lipinski definition) is 5. The largest absolute Gasteiger partial charge is 0.465 e. The van der Waals surface area contributed by atoms with Crippen LogP contribution in [0.1, 0.15) is 24.8 Å². The van der Waals surface area contributed by atoms with Crippen LogP contribution in [0.15, 0.2) is 63.8 Å². The molecule has 5 rings (SSSR count). The van der Waals surface area contributed by atoms with Crippen LogP contribution in [0.3, 0.4) is 0 Å². The summed E-state index contributed by atoms with van der Waals surface area (Å²) in [4.78, 5) is 28.9. The van der Waals surface area contributed by atoms with Crippen LogP contribution in [0.4, 0.5) is 23.9 Å². The molecular weight excluding hydrogens is 489 g/mol. The Kier molecular flexibility index (Phi) is 5.93. The first-order valence-corrected chi connectivity index (χ1v) is 11.6. The van der Waals surface area contributed by atoms with Gasteiger partial charge in [-0.1, -0.05) is 54.6 Å². The number of furan rings is 1. The Labute approximate surface area is 208 Å². The second-order valence-corrected chi connectivity index (χ2v) is 8.99. The molecule has 3 N–H and O–H groups in total. The fraction of sp³-hybridized carbons (Fsp3) is 0.269. The van der Waals surface area contributed by atoms with Gasteiger partial charge in [-0.2, -0.15) is 18.2 Å². The topological polar surface area (TPSA) is 109 Å². The van der Waals surface area contributed by atoms with E-state index in [0.717, 1.165) is 12.0 Å². The number of amides is 1. The smallest absolute Gasteiger partial charge is 0.406 e. The minimum absolute atomic E-state index is 0.0588. The SMILES string of the molecule is CNc1nc2oc(-c3ccc(C4(NC(=O)O)CCC4)cc3)c(-c3ccccc3)c2c(=O)n1CC(F)(F)F. The summed E-state index contributed by atoms with van der Waals surface area (Å²) < 4.78 is 46.5. The van der Waals surface area contributed by atoms with Crippen LogP contribution in [-0.4, -0.2) is 34.0 Å². The maximum absolute atomic E-state index is 13.4. The summed E-state index contributed by atoms with van der Waals surface area (Å²) in [5.74, 6) is 0.00905. The summed E-state index contributed by atoms with van der Waals surface area (Å²) in [5, 5.41) is 14.4. The van der Waals surface area contributed by atoms with Gasteiger partial charge in [0.25, 0.3) is 5.56 Å². The van der Waals surface area contributed by atoms with E-state index in [4.69, 9.17) is 4.42 Å². The number of carbonyl (C=O) groups is 1. The molecule has 2 aromatic heterocycles. The Morgan fingerprint density at radius 1 is 1.11 bits per heavy atom. The zero-order valence-electron chi connectivity index (χ0n) is 19.7. The zero-order chi connectivity index (χ0) is 26.4. The van der Waals surface area contributed by atoms with Crippen molar-refractivity contribution in [2.75, 3.05) is 12.4 Å². The number of carboxylic acid groups (broad SMARTS) is 1. The Morgan fingerprint density at radius 2 is 1.78 bits per heavy atom. The molecule has 2 aromatic carbocycles. The van der Waals surface area contributed by atoms with Gasteiger partial charge in [0.1, 0.15) is 17.7 Å². The highest BCUT2D eigenvalue weighted by Crippen LogP contribution is 2.43. The molecule has 11 heteroatoms. The van der Waals surface area contributed by atoms with Crippen molar-refractivity contribution in [3.8, 4) is 22.5 Å². The fourth-order valence-corrected chi connectivity index (χ4v) is 4.85. The van der Waals surface area contributed by atoms with E-state index in [-0.39, 0.29) is 22.8 Å². The summed E-state index contributed by atoms with van der Waals surface area (Å²) >= 11 is 0. The maximum atomic E-state index is 13.4. The van der Waals surface area contributed by atoms with E-state index in [1.54, 1.807) is 54.6 Å². The predicted octanol–water partition coefficient (Wildman–Crippen LogP) is 5.57. The number of aromatic nitrogens is 2. The van der Waals surface area contributed by atoms with Gasteiger partial charge in [-0.15, -0.1) is 0 Å². The summed E-state index contributed by atoms with van der Waals surface area (Å²) in [6.45, 7) is -1.51. The summed E-state index contributed by atoms with van der Waals surface area (Å²) in [7, 11) is 1.38. The van der Waals surface area contributed by atoms with Crippen molar-refractivity contribution in [1.29, 1.82) is 0 Å². The van der Waals surface area contributed by atoms with Crippen LogP contribution in [0.5, 0.6) is 0 Å². The Balaban J connectivity index is 1.70. The van der Waals surface area contributed by atoms with E-state index >= 15 is 0 Å². The first kappa shape index (κ1) is 24.4. The van der Waals surface area contributed by atoms with Crippen LogP contribution < -0.4 is 16.2 Å². The molecule has 1 amide bonds. The molecule has 8 nitrogen and oxygen atoms in total. The Bertz CT molecular complexity index is 1520. The van der Waals surface area contributed by atoms with E-state index in [1.165, 1.54) is 7.05 Å². The van der Waals surface area contributed by atoms with Gasteiger partial charge in [-0.3, -0.25) is 9.36 Å². The highest BCUT2D eigenvalue weighted by molar-refractivity contribution is 6.00. The fourth-order valence-electron chi connectivity index (χ4n) is 4.85. The number of alkyl halides is 3. The molecule has 0 aliphatic heterocycles. The maximum Gasteiger partial charge on any atom is 0.406 e. The van der Waals surface area contributed by atoms with E-state index in [0.29, 0.717) is 34.1 Å². The van der Waals surface area contributed by atoms with Crippen LogP contribution in [-0.2, 0) is 12.1 Å². The lowest BCUT2D eigenvalue weighted by Crippen LogP contribution is -2.50. The Hall–Kier alpha value is -4.28. The van der Waals surface area contributed by atoms with Gasteiger partial charge in [-0.05, 0) is 30.4 Å². The third kappa shape index (κ3) is 4.41. The number of hydrogen-bond donors (Lipinski definition) is 3. The van der Waals surface area contributed by atoms with Crippen molar-refractivity contribution in [3.05, 3.63) is 70.5 Å². The van der Waals surface area contributed by atoms with Gasteiger partial charge in [0.2, 0.25) is 11.7 Å². The first-order chi connectivity index (χ1) is 17.6. The lowest BCUT2D eigenvalue weighted by molar-refractivity contribution is -0.140. The molecule has 0 saturated heterocycles. The molecule has 0 unspecified atom stereocenters. The predicted molar refractivity (Wildman–Crippen MR) is 131 cm³/mol. The third-order valence-electron chi connectivity index (χ3n) is 6.69. The van der Waals surface area contributed by atoms with Crippen molar-refractivity contribution in [3.63, 3.8) is 0 Å². The lowest BCUT2D eigenvalue weighted by Gasteiger charge is -2.42. The van der Waals surface area contributed by atoms with Crippen molar-refractivity contribution in [2.45, 2.75) is 37.5 Å². The van der Waals surface area contributed by atoms with Crippen molar-refractivity contribution >= 4 is 23.1 Å². The molecule has 1 saturated carbocycles. The number of nitrogens with one attached hydrogen (secondary N) is 2. The highest BCUT2D eigenvalue weighted by Gasteiger charge is 2.40. The minimum Gasteiger partial charge on any atom is -0.465 e. The molecular formula is C26H23F3N4O4. The van der Waals surface area contributed by atoms with Gasteiger partial charge in [0, 0.05) is 18.2 Å². The highest BCUT2D eigenvalue weighted by atomic mass is 19.4. The molecule has 37 heavy (non-hydrogen) atoms. The number of anilines is 1. The van der Waals surface area contributed by atoms with Crippen LogP contribution >= 0.6 is 0 Å². The van der Waals surface area contributed by atoms with Gasteiger partial charge in [-0.25, -0.2) is 4.79 Å². The summed E-state index contributed by atoms with van der Waals surface area (Å²) in [5.41, 5.74) is 0.655. The number of rotatable bonds is 6. The molecule has 2 heterocycles. The summed E-state index contributed by atoms with van der Waals surface area (Å²) in [6, 6.07) is 15.8. The molecule has 0 spiro atoms.